The van der Waals surface area contributed by atoms with Crippen LogP contribution in [-0.4, -0.2) is 59.8 Å². The third-order valence-corrected chi connectivity index (χ3v) is 6.10. The molecule has 136 valence electrons. The van der Waals surface area contributed by atoms with Crippen molar-refractivity contribution in [2.45, 2.75) is 25.0 Å². The summed E-state index contributed by atoms with van der Waals surface area (Å²) in [5.41, 5.74) is 1.99. The molecule has 0 aliphatic carbocycles. The number of nitrogens with one attached hydrogen (secondary N) is 1. The Morgan fingerprint density at radius 2 is 1.80 bits per heavy atom. The van der Waals surface area contributed by atoms with E-state index in [2.05, 4.69) is 15.1 Å². The first kappa shape index (κ1) is 18.5. The third kappa shape index (κ3) is 5.09. The lowest BCUT2D eigenvalue weighted by Crippen LogP contribution is -2.36. The first-order chi connectivity index (χ1) is 12.1. The van der Waals surface area contributed by atoms with Crippen molar-refractivity contribution in [3.05, 3.63) is 24.3 Å². The predicted octanol–water partition coefficient (Wildman–Crippen LogP) is 2.96. The van der Waals surface area contributed by atoms with Gasteiger partial charge in [0, 0.05) is 37.6 Å². The molecule has 1 amide bonds. The van der Waals surface area contributed by atoms with Crippen LogP contribution < -0.4 is 10.2 Å². The number of likely N-dealkylation sites (tertiary alicyclic amines) is 1. The van der Waals surface area contributed by atoms with Crippen molar-refractivity contribution in [1.82, 2.24) is 4.90 Å². The second kappa shape index (κ2) is 8.87. The largest absolute Gasteiger partial charge is 0.378 e. The Kier molecular flexibility index (Phi) is 6.56. The molecule has 2 aliphatic heterocycles. The Balaban J connectivity index is 1.50. The highest BCUT2D eigenvalue weighted by atomic mass is 32.2. The van der Waals surface area contributed by atoms with Crippen LogP contribution in [-0.2, 0) is 9.53 Å². The number of thioether (sulfide) groups is 1. The molecule has 25 heavy (non-hydrogen) atoms. The fourth-order valence-electron chi connectivity index (χ4n) is 3.00. The van der Waals surface area contributed by atoms with E-state index >= 15 is 0 Å². The van der Waals surface area contributed by atoms with Crippen LogP contribution in [0.15, 0.2) is 24.3 Å². The Labute approximate surface area is 159 Å². The molecule has 1 aromatic rings. The van der Waals surface area contributed by atoms with Gasteiger partial charge >= 0.3 is 0 Å². The molecule has 2 aliphatic rings. The highest BCUT2D eigenvalue weighted by Gasteiger charge is 2.21. The number of hydrogen-bond acceptors (Lipinski definition) is 5. The van der Waals surface area contributed by atoms with Gasteiger partial charge in [-0.1, -0.05) is 24.0 Å². The number of carbonyl (C=O) groups is 1. The molecule has 2 fully saturated rings. The van der Waals surface area contributed by atoms with Crippen molar-refractivity contribution in [3.63, 3.8) is 0 Å². The number of benzene rings is 1. The second-order valence-corrected chi connectivity index (χ2v) is 8.33. The number of hydrogen-bond donors (Lipinski definition) is 1. The lowest BCUT2D eigenvalue weighted by atomic mass is 10.2. The molecule has 5 nitrogen and oxygen atoms in total. The maximum absolute atomic E-state index is 12.4. The average molecular weight is 380 g/mol. The molecule has 0 spiro atoms. The van der Waals surface area contributed by atoms with Gasteiger partial charge in [0.15, 0.2) is 0 Å². The highest BCUT2D eigenvalue weighted by molar-refractivity contribution is 8.23. The molecule has 0 aromatic heterocycles. The number of anilines is 2. The van der Waals surface area contributed by atoms with E-state index in [1.807, 2.05) is 31.2 Å². The summed E-state index contributed by atoms with van der Waals surface area (Å²) in [6.07, 6.45) is 2.38. The summed E-state index contributed by atoms with van der Waals surface area (Å²) < 4.78 is 6.21. The van der Waals surface area contributed by atoms with Gasteiger partial charge in [-0.25, -0.2) is 0 Å². The number of amides is 1. The zero-order chi connectivity index (χ0) is 17.6. The first-order valence-corrected chi connectivity index (χ1v) is 10.1. The van der Waals surface area contributed by atoms with Crippen LogP contribution in [0.25, 0.3) is 0 Å². The normalized spacial score (nSPS) is 18.9. The Hall–Kier alpha value is -1.31. The molecule has 2 saturated heterocycles. The molecule has 0 saturated carbocycles. The molecule has 0 bridgehead atoms. The van der Waals surface area contributed by atoms with Gasteiger partial charge in [-0.3, -0.25) is 4.79 Å². The Bertz CT molecular complexity index is 597. The van der Waals surface area contributed by atoms with E-state index < -0.39 is 0 Å². The fourth-order valence-corrected chi connectivity index (χ4v) is 4.42. The Morgan fingerprint density at radius 1 is 1.16 bits per heavy atom. The lowest BCUT2D eigenvalue weighted by molar-refractivity contribution is -0.115. The smallest absolute Gasteiger partial charge is 0.237 e. The fraction of sp³-hybridized carbons (Fsp3) is 0.556. The molecule has 3 rings (SSSR count). The number of carbonyl (C=O) groups excluding carboxylic acids is 1. The van der Waals surface area contributed by atoms with Crippen molar-refractivity contribution in [2.24, 2.45) is 0 Å². The topological polar surface area (TPSA) is 44.8 Å². The monoisotopic (exact) mass is 379 g/mol. The van der Waals surface area contributed by atoms with Gasteiger partial charge in [0.2, 0.25) is 5.91 Å². The summed E-state index contributed by atoms with van der Waals surface area (Å²) in [4.78, 5) is 16.9. The summed E-state index contributed by atoms with van der Waals surface area (Å²) >= 11 is 6.93. The second-order valence-electron chi connectivity index (χ2n) is 6.36. The van der Waals surface area contributed by atoms with E-state index in [9.17, 15) is 4.79 Å². The summed E-state index contributed by atoms with van der Waals surface area (Å²) in [6, 6.07) is 8.01. The molecule has 1 N–H and O–H groups in total. The van der Waals surface area contributed by atoms with Crippen molar-refractivity contribution < 1.29 is 9.53 Å². The zero-order valence-corrected chi connectivity index (χ0v) is 16.2. The van der Waals surface area contributed by atoms with Crippen molar-refractivity contribution >= 4 is 45.6 Å². The SMILES string of the molecule is C[C@H](SC(=S)N1CCCC1)C(=O)Nc1ccc(N2CCOCC2)cc1. The molecule has 0 radical (unpaired) electrons. The van der Waals surface area contributed by atoms with Crippen LogP contribution in [0, 0.1) is 0 Å². The minimum Gasteiger partial charge on any atom is -0.378 e. The van der Waals surface area contributed by atoms with E-state index in [4.69, 9.17) is 17.0 Å². The van der Waals surface area contributed by atoms with E-state index in [0.29, 0.717) is 0 Å². The van der Waals surface area contributed by atoms with Gasteiger partial charge in [0.25, 0.3) is 0 Å². The first-order valence-electron chi connectivity index (χ1n) is 8.82. The number of ether oxygens (including phenoxy) is 1. The van der Waals surface area contributed by atoms with Crippen LogP contribution in [0.4, 0.5) is 11.4 Å². The Morgan fingerprint density at radius 3 is 2.44 bits per heavy atom. The standard InChI is InChI=1S/C18H25N3O2S2/c1-14(25-18(24)21-8-2-3-9-21)17(22)19-15-4-6-16(7-5-15)20-10-12-23-13-11-20/h4-7,14H,2-3,8-13H2,1H3,(H,19,22)/t14-/m0/s1. The quantitative estimate of drug-likeness (QED) is 0.812. The zero-order valence-electron chi connectivity index (χ0n) is 14.6. The van der Waals surface area contributed by atoms with Gasteiger partial charge in [-0.2, -0.15) is 0 Å². The molecule has 0 unspecified atom stereocenters. The number of rotatable bonds is 4. The van der Waals surface area contributed by atoms with Gasteiger partial charge in [0.05, 0.1) is 18.5 Å². The minimum atomic E-state index is -0.202. The van der Waals surface area contributed by atoms with Crippen LogP contribution in [0.2, 0.25) is 0 Å². The van der Waals surface area contributed by atoms with Crippen LogP contribution in [0.3, 0.4) is 0 Å². The molecular formula is C18H25N3O2S2. The van der Waals surface area contributed by atoms with Gasteiger partial charge in [-0.15, -0.1) is 0 Å². The van der Waals surface area contributed by atoms with E-state index in [1.165, 1.54) is 30.3 Å². The van der Waals surface area contributed by atoms with Crippen LogP contribution in [0.5, 0.6) is 0 Å². The highest BCUT2D eigenvalue weighted by Crippen LogP contribution is 2.23. The number of morpholine rings is 1. The van der Waals surface area contributed by atoms with E-state index in [1.54, 1.807) is 0 Å². The molecule has 1 atom stereocenters. The van der Waals surface area contributed by atoms with E-state index in [-0.39, 0.29) is 11.2 Å². The summed E-state index contributed by atoms with van der Waals surface area (Å²) in [5.74, 6) is -0.00864. The summed E-state index contributed by atoms with van der Waals surface area (Å²) in [6.45, 7) is 7.30. The summed E-state index contributed by atoms with van der Waals surface area (Å²) in [5, 5.41) is 2.78. The molecule has 1 aromatic carbocycles. The van der Waals surface area contributed by atoms with Crippen molar-refractivity contribution in [2.75, 3.05) is 49.6 Å². The maximum atomic E-state index is 12.4. The third-order valence-electron chi connectivity index (χ3n) is 4.52. The summed E-state index contributed by atoms with van der Waals surface area (Å²) in [7, 11) is 0. The molecule has 2 heterocycles. The lowest BCUT2D eigenvalue weighted by Gasteiger charge is -2.29. The van der Waals surface area contributed by atoms with E-state index in [0.717, 1.165) is 49.4 Å². The van der Waals surface area contributed by atoms with Crippen molar-refractivity contribution in [3.8, 4) is 0 Å². The van der Waals surface area contributed by atoms with Crippen molar-refractivity contribution in [1.29, 1.82) is 0 Å². The average Bonchev–Trinajstić information content (AvgIpc) is 3.18. The van der Waals surface area contributed by atoms with Crippen LogP contribution in [0.1, 0.15) is 19.8 Å². The number of thiocarbonyl (C=S) groups is 1. The predicted molar refractivity (Wildman–Crippen MR) is 109 cm³/mol. The van der Waals surface area contributed by atoms with Gasteiger partial charge in [0.1, 0.15) is 4.32 Å². The van der Waals surface area contributed by atoms with Gasteiger partial charge < -0.3 is 19.9 Å². The minimum absolute atomic E-state index is 0.00864. The molecular weight excluding hydrogens is 354 g/mol. The maximum Gasteiger partial charge on any atom is 0.237 e. The number of nitrogens with zero attached hydrogens (tertiary/aromatic N) is 2. The van der Waals surface area contributed by atoms with Crippen LogP contribution >= 0.6 is 24.0 Å². The van der Waals surface area contributed by atoms with Gasteiger partial charge in [-0.05, 0) is 44.0 Å². The molecule has 7 heteroatoms.